The summed E-state index contributed by atoms with van der Waals surface area (Å²) in [4.78, 5) is 17.1. The summed E-state index contributed by atoms with van der Waals surface area (Å²) in [5.74, 6) is 0.126. The maximum absolute atomic E-state index is 12.7. The van der Waals surface area contributed by atoms with Gasteiger partial charge in [0.15, 0.2) is 9.84 Å². The lowest BCUT2D eigenvalue weighted by Gasteiger charge is -2.43. The quantitative estimate of drug-likeness (QED) is 0.836. The van der Waals surface area contributed by atoms with E-state index in [4.69, 9.17) is 0 Å². The van der Waals surface area contributed by atoms with Crippen LogP contribution in [0.5, 0.6) is 0 Å². The number of amides is 1. The van der Waals surface area contributed by atoms with Crippen molar-refractivity contribution in [3.63, 3.8) is 0 Å². The molecule has 5 nitrogen and oxygen atoms in total. The summed E-state index contributed by atoms with van der Waals surface area (Å²) in [5, 5.41) is 0. The van der Waals surface area contributed by atoms with Crippen molar-refractivity contribution < 1.29 is 13.2 Å². The maximum Gasteiger partial charge on any atom is 0.227 e. The van der Waals surface area contributed by atoms with Crippen molar-refractivity contribution in [3.05, 3.63) is 29.8 Å². The fourth-order valence-electron chi connectivity index (χ4n) is 3.36. The third-order valence-electron chi connectivity index (χ3n) is 4.38. The molecule has 0 unspecified atom stereocenters. The van der Waals surface area contributed by atoms with Crippen LogP contribution in [0.4, 0.5) is 0 Å². The van der Waals surface area contributed by atoms with Crippen LogP contribution in [-0.4, -0.2) is 62.1 Å². The molecule has 2 rings (SSSR count). The number of benzene rings is 1. The Morgan fingerprint density at radius 3 is 2.39 bits per heavy atom. The standard InChI is InChI=1S/C17H26N2O3S/c1-5-23(21,22)16-8-6-7-15(9-16)10-17(20)19-13(2)11-18(4)12-14(19)3/h6-9,13-14H,5,10-12H2,1-4H3/t13-,14-/m0/s1. The van der Waals surface area contributed by atoms with Gasteiger partial charge >= 0.3 is 0 Å². The van der Waals surface area contributed by atoms with Crippen molar-refractivity contribution >= 4 is 15.7 Å². The van der Waals surface area contributed by atoms with Gasteiger partial charge in [0.2, 0.25) is 5.91 Å². The Bertz CT molecular complexity index is 660. The highest BCUT2D eigenvalue weighted by Crippen LogP contribution is 2.18. The molecule has 23 heavy (non-hydrogen) atoms. The normalized spacial score (nSPS) is 23.0. The molecule has 1 aliphatic heterocycles. The number of carbonyl (C=O) groups is 1. The fraction of sp³-hybridized carbons (Fsp3) is 0.588. The van der Waals surface area contributed by atoms with Crippen molar-refractivity contribution in [3.8, 4) is 0 Å². The van der Waals surface area contributed by atoms with Gasteiger partial charge in [0.1, 0.15) is 0 Å². The second-order valence-electron chi connectivity index (χ2n) is 6.45. The lowest BCUT2D eigenvalue weighted by atomic mass is 10.1. The van der Waals surface area contributed by atoms with Crippen LogP contribution in [0.15, 0.2) is 29.2 Å². The average molecular weight is 338 g/mol. The first-order valence-corrected chi connectivity index (χ1v) is 9.71. The first-order chi connectivity index (χ1) is 10.7. The van der Waals surface area contributed by atoms with E-state index in [0.29, 0.717) is 4.90 Å². The number of piperazine rings is 1. The van der Waals surface area contributed by atoms with Crippen LogP contribution < -0.4 is 0 Å². The summed E-state index contributed by atoms with van der Waals surface area (Å²) in [6, 6.07) is 7.08. The minimum absolute atomic E-state index is 0.0594. The minimum Gasteiger partial charge on any atom is -0.334 e. The highest BCUT2D eigenvalue weighted by Gasteiger charge is 2.31. The molecule has 1 heterocycles. The lowest BCUT2D eigenvalue weighted by Crippen LogP contribution is -2.57. The van der Waals surface area contributed by atoms with Gasteiger partial charge in [-0.25, -0.2) is 8.42 Å². The molecule has 6 heteroatoms. The third kappa shape index (κ3) is 4.12. The van der Waals surface area contributed by atoms with Crippen LogP contribution in [0.25, 0.3) is 0 Å². The van der Waals surface area contributed by atoms with Gasteiger partial charge in [0.05, 0.1) is 17.1 Å². The number of hydrogen-bond acceptors (Lipinski definition) is 4. The molecule has 0 radical (unpaired) electrons. The van der Waals surface area contributed by atoms with Crippen LogP contribution in [-0.2, 0) is 21.1 Å². The van der Waals surface area contributed by atoms with Gasteiger partial charge in [0.25, 0.3) is 0 Å². The first-order valence-electron chi connectivity index (χ1n) is 8.06. The minimum atomic E-state index is -3.24. The van der Waals surface area contributed by atoms with Gasteiger partial charge in [-0.1, -0.05) is 19.1 Å². The van der Waals surface area contributed by atoms with E-state index in [-0.39, 0.29) is 30.2 Å². The van der Waals surface area contributed by atoms with Crippen molar-refractivity contribution in [2.24, 2.45) is 0 Å². The molecule has 0 aromatic heterocycles. The SMILES string of the molecule is CCS(=O)(=O)c1cccc(CC(=O)N2[C@@H](C)CN(C)C[C@@H]2C)c1. The molecule has 0 N–H and O–H groups in total. The summed E-state index contributed by atoms with van der Waals surface area (Å²) in [7, 11) is -1.18. The Balaban J connectivity index is 2.16. The highest BCUT2D eigenvalue weighted by atomic mass is 32.2. The largest absolute Gasteiger partial charge is 0.334 e. The first kappa shape index (κ1) is 17.9. The Morgan fingerprint density at radius 1 is 1.22 bits per heavy atom. The monoisotopic (exact) mass is 338 g/mol. The van der Waals surface area contributed by atoms with Crippen LogP contribution in [0, 0.1) is 0 Å². The molecule has 1 aliphatic rings. The number of likely N-dealkylation sites (N-methyl/N-ethyl adjacent to an activating group) is 1. The van der Waals surface area contributed by atoms with E-state index in [9.17, 15) is 13.2 Å². The highest BCUT2D eigenvalue weighted by molar-refractivity contribution is 7.91. The number of nitrogens with zero attached hydrogens (tertiary/aromatic N) is 2. The topological polar surface area (TPSA) is 57.7 Å². The third-order valence-corrected chi connectivity index (χ3v) is 6.11. The van der Waals surface area contributed by atoms with Gasteiger partial charge in [-0.05, 0) is 38.6 Å². The zero-order valence-corrected chi connectivity index (χ0v) is 15.1. The summed E-state index contributed by atoms with van der Waals surface area (Å²) in [6.45, 7) is 7.46. The van der Waals surface area contributed by atoms with E-state index in [1.165, 1.54) is 0 Å². The molecule has 1 aromatic rings. The molecular weight excluding hydrogens is 312 g/mol. The van der Waals surface area contributed by atoms with Crippen molar-refractivity contribution in [2.45, 2.75) is 44.2 Å². The summed E-state index contributed by atoms with van der Waals surface area (Å²) < 4.78 is 24.0. The van der Waals surface area contributed by atoms with E-state index >= 15 is 0 Å². The van der Waals surface area contributed by atoms with Crippen LogP contribution >= 0.6 is 0 Å². The van der Waals surface area contributed by atoms with E-state index in [0.717, 1.165) is 18.7 Å². The van der Waals surface area contributed by atoms with Crippen LogP contribution in [0.2, 0.25) is 0 Å². The summed E-state index contributed by atoms with van der Waals surface area (Å²) >= 11 is 0. The van der Waals surface area contributed by atoms with Crippen LogP contribution in [0.3, 0.4) is 0 Å². The van der Waals surface area contributed by atoms with Gasteiger partial charge in [-0.3, -0.25) is 4.79 Å². The van der Waals surface area contributed by atoms with Crippen molar-refractivity contribution in [1.82, 2.24) is 9.80 Å². The van der Waals surface area contributed by atoms with Gasteiger partial charge in [-0.2, -0.15) is 0 Å². The zero-order valence-electron chi connectivity index (χ0n) is 14.3. The Kier molecular flexibility index (Phi) is 5.47. The average Bonchev–Trinajstić information content (AvgIpc) is 2.46. The van der Waals surface area contributed by atoms with E-state index in [1.807, 2.05) is 11.0 Å². The molecule has 1 aromatic carbocycles. The molecule has 2 atom stereocenters. The molecule has 1 amide bonds. The molecule has 1 fully saturated rings. The second-order valence-corrected chi connectivity index (χ2v) is 8.73. The molecule has 1 saturated heterocycles. The molecule has 0 spiro atoms. The molecule has 0 saturated carbocycles. The predicted octanol–water partition coefficient (Wildman–Crippen LogP) is 1.57. The summed E-state index contributed by atoms with van der Waals surface area (Å²) in [6.07, 6.45) is 0.242. The molecule has 128 valence electrons. The number of carbonyl (C=O) groups excluding carboxylic acids is 1. The maximum atomic E-state index is 12.7. The lowest BCUT2D eigenvalue weighted by molar-refractivity contribution is -0.137. The Labute approximate surface area is 139 Å². The molecular formula is C17H26N2O3S. The zero-order chi connectivity index (χ0) is 17.2. The van der Waals surface area contributed by atoms with Gasteiger partial charge in [-0.15, -0.1) is 0 Å². The smallest absolute Gasteiger partial charge is 0.227 e. The van der Waals surface area contributed by atoms with E-state index < -0.39 is 9.84 Å². The predicted molar refractivity (Wildman–Crippen MR) is 91.1 cm³/mol. The van der Waals surface area contributed by atoms with E-state index in [2.05, 4.69) is 25.8 Å². The van der Waals surface area contributed by atoms with Gasteiger partial charge in [0, 0.05) is 25.2 Å². The summed E-state index contributed by atoms with van der Waals surface area (Å²) in [5.41, 5.74) is 0.753. The number of hydrogen-bond donors (Lipinski definition) is 0. The number of sulfone groups is 1. The number of rotatable bonds is 4. The Hall–Kier alpha value is -1.40. The van der Waals surface area contributed by atoms with E-state index in [1.54, 1.807) is 25.1 Å². The molecule has 0 aliphatic carbocycles. The molecule has 0 bridgehead atoms. The van der Waals surface area contributed by atoms with Crippen LogP contribution in [0.1, 0.15) is 26.3 Å². The van der Waals surface area contributed by atoms with Crippen molar-refractivity contribution in [2.75, 3.05) is 25.9 Å². The second kappa shape index (κ2) is 7.01. The fourth-order valence-corrected chi connectivity index (χ4v) is 4.31. The van der Waals surface area contributed by atoms with Gasteiger partial charge < -0.3 is 9.80 Å². The van der Waals surface area contributed by atoms with Crippen molar-refractivity contribution in [1.29, 1.82) is 0 Å². The Morgan fingerprint density at radius 2 is 1.83 bits per heavy atom.